The summed E-state index contributed by atoms with van der Waals surface area (Å²) in [6.07, 6.45) is 7.84. The van der Waals surface area contributed by atoms with Crippen LogP contribution in [0.3, 0.4) is 0 Å². The summed E-state index contributed by atoms with van der Waals surface area (Å²) in [5.74, 6) is -1.17. The summed E-state index contributed by atoms with van der Waals surface area (Å²) in [6, 6.07) is 18.4. The number of carbonyl (C=O) groups is 2. The topological polar surface area (TPSA) is 54.8 Å². The Labute approximate surface area is 238 Å². The predicted octanol–water partition coefficient (Wildman–Crippen LogP) is 6.28. The average Bonchev–Trinajstić information content (AvgIpc) is 3.39. The largest absolute Gasteiger partial charge is 0.385 e. The average molecular weight is 599 g/mol. The normalized spacial score (nSPS) is 13.8. The van der Waals surface area contributed by atoms with Crippen LogP contribution in [0.4, 0.5) is 4.39 Å². The van der Waals surface area contributed by atoms with Crippen molar-refractivity contribution < 1.29 is 18.7 Å². The molecule has 1 aliphatic carbocycles. The van der Waals surface area contributed by atoms with Crippen molar-refractivity contribution in [1.82, 2.24) is 14.4 Å². The second-order valence-electron chi connectivity index (χ2n) is 10.1. The van der Waals surface area contributed by atoms with Gasteiger partial charge in [0.25, 0.3) is 5.91 Å². The Morgan fingerprint density at radius 3 is 2.49 bits per heavy atom. The minimum Gasteiger partial charge on any atom is -0.385 e. The zero-order valence-electron chi connectivity index (χ0n) is 22.5. The maximum Gasteiger partial charge on any atom is 0.257 e. The number of benzene rings is 2. The van der Waals surface area contributed by atoms with E-state index in [1.54, 1.807) is 19.2 Å². The number of rotatable bonds is 12. The smallest absolute Gasteiger partial charge is 0.257 e. The Bertz CT molecular complexity index is 1220. The molecule has 0 unspecified atom stereocenters. The van der Waals surface area contributed by atoms with Crippen LogP contribution in [0.15, 0.2) is 71.3 Å². The minimum atomic E-state index is -0.582. The number of ether oxygens (including phenoxy) is 1. The zero-order valence-corrected chi connectivity index (χ0v) is 24.1. The van der Waals surface area contributed by atoms with Crippen LogP contribution in [0.5, 0.6) is 0 Å². The molecule has 4 rings (SSSR count). The molecule has 1 saturated carbocycles. The second-order valence-corrected chi connectivity index (χ2v) is 11.0. The fourth-order valence-electron chi connectivity index (χ4n) is 5.23. The van der Waals surface area contributed by atoms with E-state index in [0.717, 1.165) is 35.8 Å². The third-order valence-corrected chi connectivity index (χ3v) is 7.88. The molecule has 0 N–H and O–H groups in total. The summed E-state index contributed by atoms with van der Waals surface area (Å²) in [4.78, 5) is 30.7. The van der Waals surface area contributed by atoms with E-state index in [4.69, 9.17) is 4.74 Å². The fourth-order valence-corrected chi connectivity index (χ4v) is 5.50. The number of carbonyl (C=O) groups excluding carboxylic acids is 2. The van der Waals surface area contributed by atoms with Crippen molar-refractivity contribution in [3.63, 3.8) is 0 Å². The molecule has 0 atom stereocenters. The van der Waals surface area contributed by atoms with Gasteiger partial charge in [0.05, 0.1) is 12.1 Å². The van der Waals surface area contributed by atoms with Crippen LogP contribution in [-0.4, -0.2) is 59.0 Å². The van der Waals surface area contributed by atoms with E-state index in [2.05, 4.69) is 38.7 Å². The fraction of sp³-hybridized carbons (Fsp3) is 0.419. The van der Waals surface area contributed by atoms with Crippen LogP contribution in [0.2, 0.25) is 0 Å². The van der Waals surface area contributed by atoms with Gasteiger partial charge in [-0.05, 0) is 61.2 Å². The molecule has 0 aliphatic heterocycles. The van der Waals surface area contributed by atoms with E-state index < -0.39 is 11.7 Å². The molecule has 0 spiro atoms. The summed E-state index contributed by atoms with van der Waals surface area (Å²) in [7, 11) is 1.60. The first-order valence-electron chi connectivity index (χ1n) is 13.7. The number of hydrogen-bond acceptors (Lipinski definition) is 3. The van der Waals surface area contributed by atoms with Gasteiger partial charge in [-0.2, -0.15) is 0 Å². The highest BCUT2D eigenvalue weighted by Crippen LogP contribution is 2.25. The van der Waals surface area contributed by atoms with E-state index in [9.17, 15) is 14.0 Å². The van der Waals surface area contributed by atoms with Crippen molar-refractivity contribution in [2.75, 3.05) is 26.8 Å². The Hall–Kier alpha value is -2.97. The molecule has 2 aromatic carbocycles. The van der Waals surface area contributed by atoms with Gasteiger partial charge < -0.3 is 19.1 Å². The number of amides is 2. The van der Waals surface area contributed by atoms with Gasteiger partial charge in [0.2, 0.25) is 5.91 Å². The lowest BCUT2D eigenvalue weighted by Gasteiger charge is -2.36. The van der Waals surface area contributed by atoms with E-state index >= 15 is 0 Å². The Balaban J connectivity index is 1.55. The Kier molecular flexibility index (Phi) is 10.7. The first-order chi connectivity index (χ1) is 19.0. The Morgan fingerprint density at radius 1 is 1.03 bits per heavy atom. The van der Waals surface area contributed by atoms with Crippen LogP contribution in [-0.2, 0) is 22.6 Å². The van der Waals surface area contributed by atoms with Crippen molar-refractivity contribution in [2.45, 2.75) is 57.7 Å². The van der Waals surface area contributed by atoms with Gasteiger partial charge in [-0.3, -0.25) is 9.59 Å². The number of nitrogens with zero attached hydrogens (tertiary/aromatic N) is 3. The highest BCUT2D eigenvalue weighted by atomic mass is 79.9. The number of hydrogen-bond donors (Lipinski definition) is 0. The first-order valence-corrected chi connectivity index (χ1v) is 14.5. The molecule has 1 heterocycles. The minimum absolute atomic E-state index is 0.0182. The molecular formula is C31H37BrFN3O3. The quantitative estimate of drug-likeness (QED) is 0.231. The number of halogens is 2. The summed E-state index contributed by atoms with van der Waals surface area (Å²) >= 11 is 3.49. The third kappa shape index (κ3) is 8.02. The molecule has 2 amide bonds. The van der Waals surface area contributed by atoms with Gasteiger partial charge in [0.15, 0.2) is 0 Å². The lowest BCUT2D eigenvalue weighted by atomic mass is 9.94. The summed E-state index contributed by atoms with van der Waals surface area (Å²) < 4.78 is 22.9. The monoisotopic (exact) mass is 597 g/mol. The molecule has 1 aliphatic rings. The van der Waals surface area contributed by atoms with Gasteiger partial charge in [0.1, 0.15) is 12.4 Å². The predicted molar refractivity (Wildman–Crippen MR) is 154 cm³/mol. The van der Waals surface area contributed by atoms with Crippen LogP contribution in [0.1, 0.15) is 60.1 Å². The first kappa shape index (κ1) is 29.0. The molecule has 8 heteroatoms. The van der Waals surface area contributed by atoms with E-state index in [1.165, 1.54) is 29.0 Å². The van der Waals surface area contributed by atoms with Crippen LogP contribution >= 0.6 is 15.9 Å². The zero-order chi connectivity index (χ0) is 27.6. The molecule has 39 heavy (non-hydrogen) atoms. The molecular weight excluding hydrogens is 561 g/mol. The molecule has 0 bridgehead atoms. The molecule has 6 nitrogen and oxygen atoms in total. The van der Waals surface area contributed by atoms with Gasteiger partial charge in [-0.1, -0.05) is 59.5 Å². The van der Waals surface area contributed by atoms with Crippen molar-refractivity contribution in [3.8, 4) is 0 Å². The molecule has 208 valence electrons. The SMILES string of the molecule is COCCCN(CC(=O)N(Cc1cccn1Cc1ccc(Br)cc1)C1CCCCC1)C(=O)c1ccccc1F. The van der Waals surface area contributed by atoms with E-state index in [1.807, 2.05) is 29.3 Å². The highest BCUT2D eigenvalue weighted by Gasteiger charge is 2.29. The van der Waals surface area contributed by atoms with E-state index in [0.29, 0.717) is 32.7 Å². The standard InChI is InChI=1S/C31H37BrFN3O3/c1-39-20-8-19-35(31(38)28-12-5-6-13-29(28)33)23-30(37)36(26-9-3-2-4-10-26)22-27-11-7-18-34(27)21-24-14-16-25(32)17-15-24/h5-7,11-18,26H,2-4,8-10,19-23H2,1H3. The molecule has 3 aromatic rings. The van der Waals surface area contributed by atoms with Crippen molar-refractivity contribution in [1.29, 1.82) is 0 Å². The third-order valence-electron chi connectivity index (χ3n) is 7.35. The van der Waals surface area contributed by atoms with Crippen molar-refractivity contribution in [2.24, 2.45) is 0 Å². The number of methoxy groups -OCH3 is 1. The Morgan fingerprint density at radius 2 is 1.77 bits per heavy atom. The van der Waals surface area contributed by atoms with Crippen LogP contribution in [0, 0.1) is 5.82 Å². The van der Waals surface area contributed by atoms with E-state index in [-0.39, 0.29) is 24.1 Å². The van der Waals surface area contributed by atoms with Crippen molar-refractivity contribution in [3.05, 3.63) is 94.0 Å². The van der Waals surface area contributed by atoms with Crippen LogP contribution < -0.4 is 0 Å². The van der Waals surface area contributed by atoms with Gasteiger partial charge in [-0.25, -0.2) is 4.39 Å². The molecule has 1 aromatic heterocycles. The lowest BCUT2D eigenvalue weighted by Crippen LogP contribution is -2.48. The van der Waals surface area contributed by atoms with Crippen LogP contribution in [0.25, 0.3) is 0 Å². The highest BCUT2D eigenvalue weighted by molar-refractivity contribution is 9.10. The summed E-state index contributed by atoms with van der Waals surface area (Å²) in [5, 5.41) is 0. The lowest BCUT2D eigenvalue weighted by molar-refractivity contribution is -0.135. The molecule has 0 radical (unpaired) electrons. The molecule has 0 saturated heterocycles. The molecule has 1 fully saturated rings. The maximum absolute atomic E-state index is 14.5. The van der Waals surface area contributed by atoms with Gasteiger partial charge >= 0.3 is 0 Å². The van der Waals surface area contributed by atoms with Crippen molar-refractivity contribution >= 4 is 27.7 Å². The van der Waals surface area contributed by atoms with Gasteiger partial charge in [0, 0.05) is 49.2 Å². The summed E-state index contributed by atoms with van der Waals surface area (Å²) in [6.45, 7) is 1.83. The second kappa shape index (κ2) is 14.4. The summed E-state index contributed by atoms with van der Waals surface area (Å²) in [5.41, 5.74) is 2.20. The van der Waals surface area contributed by atoms with Gasteiger partial charge in [-0.15, -0.1) is 0 Å². The number of aromatic nitrogens is 1. The maximum atomic E-state index is 14.5.